The molecule has 30 heavy (non-hydrogen) atoms. The Bertz CT molecular complexity index is 1280. The van der Waals surface area contributed by atoms with Crippen LogP contribution in [-0.4, -0.2) is 38.4 Å². The number of aromatic nitrogens is 4. The van der Waals surface area contributed by atoms with Gasteiger partial charge in [0.15, 0.2) is 16.6 Å². The Morgan fingerprint density at radius 1 is 1.17 bits per heavy atom. The predicted molar refractivity (Wildman–Crippen MR) is 116 cm³/mol. The molecule has 2 heterocycles. The molecule has 0 spiro atoms. The molecular weight excluding hydrogens is 402 g/mol. The summed E-state index contributed by atoms with van der Waals surface area (Å²) in [6.45, 7) is 1.99. The molecule has 152 valence electrons. The number of hydrogen-bond donors (Lipinski definition) is 2. The number of anilines is 1. The number of carbonyl (C=O) groups is 1. The van der Waals surface area contributed by atoms with Crippen LogP contribution in [0.25, 0.3) is 17.0 Å². The first kappa shape index (κ1) is 19.7. The number of nitrogens with one attached hydrogen (secondary N) is 2. The van der Waals surface area contributed by atoms with Gasteiger partial charge in [-0.25, -0.2) is 14.5 Å². The average Bonchev–Trinajstić information content (AvgIpc) is 3.12. The Hall–Kier alpha value is -3.59. The molecule has 0 saturated carbocycles. The highest BCUT2D eigenvalue weighted by molar-refractivity contribution is 7.99. The molecule has 4 aromatic rings. The lowest BCUT2D eigenvalue weighted by Gasteiger charge is -2.10. The Labute approximate surface area is 176 Å². The molecular formula is C21H19N5O3S. The smallest absolute Gasteiger partial charge is 0.266 e. The Kier molecular flexibility index (Phi) is 5.53. The number of carbonyl (C=O) groups excluding carboxylic acids is 1. The largest absolute Gasteiger partial charge is 0.495 e. The maximum Gasteiger partial charge on any atom is 0.266 e. The number of ether oxygens (including phenoxy) is 1. The molecule has 0 aliphatic heterocycles. The second-order valence-corrected chi connectivity index (χ2v) is 7.49. The van der Waals surface area contributed by atoms with Gasteiger partial charge in [-0.1, -0.05) is 47.7 Å². The van der Waals surface area contributed by atoms with Crippen molar-refractivity contribution in [1.82, 2.24) is 19.6 Å². The van der Waals surface area contributed by atoms with Crippen molar-refractivity contribution in [2.24, 2.45) is 0 Å². The Balaban J connectivity index is 1.60. The van der Waals surface area contributed by atoms with Gasteiger partial charge in [-0.05, 0) is 25.1 Å². The van der Waals surface area contributed by atoms with Crippen molar-refractivity contribution in [3.63, 3.8) is 0 Å². The van der Waals surface area contributed by atoms with Crippen LogP contribution >= 0.6 is 11.8 Å². The van der Waals surface area contributed by atoms with Crippen LogP contribution in [0, 0.1) is 6.92 Å². The second kappa shape index (κ2) is 8.42. The lowest BCUT2D eigenvalue weighted by molar-refractivity contribution is -0.113. The van der Waals surface area contributed by atoms with Crippen LogP contribution in [0.4, 0.5) is 5.69 Å². The third-order valence-electron chi connectivity index (χ3n) is 4.31. The molecule has 0 aliphatic carbocycles. The van der Waals surface area contributed by atoms with E-state index in [-0.39, 0.29) is 17.2 Å². The van der Waals surface area contributed by atoms with Gasteiger partial charge in [-0.3, -0.25) is 14.7 Å². The van der Waals surface area contributed by atoms with Crippen LogP contribution < -0.4 is 15.6 Å². The van der Waals surface area contributed by atoms with E-state index in [0.717, 1.165) is 11.1 Å². The Morgan fingerprint density at radius 3 is 2.80 bits per heavy atom. The number of hydrogen-bond acceptors (Lipinski definition) is 6. The van der Waals surface area contributed by atoms with Gasteiger partial charge in [0.25, 0.3) is 5.56 Å². The lowest BCUT2D eigenvalue weighted by Crippen LogP contribution is -2.15. The first-order valence-corrected chi connectivity index (χ1v) is 10.1. The summed E-state index contributed by atoms with van der Waals surface area (Å²) in [5.41, 5.74) is 2.66. The molecule has 0 radical (unpaired) electrons. The van der Waals surface area contributed by atoms with Crippen molar-refractivity contribution >= 4 is 29.0 Å². The molecule has 0 saturated heterocycles. The quantitative estimate of drug-likeness (QED) is 0.464. The molecule has 4 rings (SSSR count). The number of benzene rings is 2. The van der Waals surface area contributed by atoms with E-state index in [1.165, 1.54) is 22.3 Å². The maximum absolute atomic E-state index is 12.5. The number of nitrogens with zero attached hydrogens (tertiary/aromatic N) is 3. The summed E-state index contributed by atoms with van der Waals surface area (Å²) in [6, 6.07) is 16.4. The predicted octanol–water partition coefficient (Wildman–Crippen LogP) is 3.13. The zero-order chi connectivity index (χ0) is 21.1. The first-order valence-electron chi connectivity index (χ1n) is 9.16. The van der Waals surface area contributed by atoms with Gasteiger partial charge < -0.3 is 10.1 Å². The van der Waals surface area contributed by atoms with Gasteiger partial charge >= 0.3 is 0 Å². The minimum atomic E-state index is -0.286. The highest BCUT2D eigenvalue weighted by Gasteiger charge is 2.14. The topological polar surface area (TPSA) is 101 Å². The monoisotopic (exact) mass is 421 g/mol. The van der Waals surface area contributed by atoms with Crippen LogP contribution in [0.1, 0.15) is 5.56 Å². The van der Waals surface area contributed by atoms with Crippen LogP contribution in [0.3, 0.4) is 0 Å². The standard InChI is InChI=1S/C21H19N5O3S/c1-13-6-5-7-14(10-13)20-23-17-11-18(27)25-26(17)21(24-20)30-12-19(28)22-15-8-3-4-9-16(15)29-2/h3-11H,12H2,1-2H3,(H,22,28)(H,25,27). The highest BCUT2D eigenvalue weighted by atomic mass is 32.2. The second-order valence-electron chi connectivity index (χ2n) is 6.55. The van der Waals surface area contributed by atoms with Crippen LogP contribution in [0.2, 0.25) is 0 Å². The number of para-hydroxylation sites is 2. The van der Waals surface area contributed by atoms with Gasteiger partial charge in [0.1, 0.15) is 5.75 Å². The summed E-state index contributed by atoms with van der Waals surface area (Å²) >= 11 is 1.21. The van der Waals surface area contributed by atoms with Crippen molar-refractivity contribution in [3.05, 3.63) is 70.5 Å². The number of methoxy groups -OCH3 is 1. The fraction of sp³-hybridized carbons (Fsp3) is 0.143. The number of aryl methyl sites for hydroxylation is 1. The van der Waals surface area contributed by atoms with Crippen molar-refractivity contribution in [3.8, 4) is 17.1 Å². The van der Waals surface area contributed by atoms with Crippen LogP contribution in [0.15, 0.2) is 64.5 Å². The fourth-order valence-corrected chi connectivity index (χ4v) is 3.71. The molecule has 8 nitrogen and oxygen atoms in total. The average molecular weight is 421 g/mol. The van der Waals surface area contributed by atoms with Gasteiger partial charge in [-0.2, -0.15) is 0 Å². The molecule has 9 heteroatoms. The van der Waals surface area contributed by atoms with Crippen molar-refractivity contribution in [2.45, 2.75) is 12.1 Å². The lowest BCUT2D eigenvalue weighted by atomic mass is 10.1. The van der Waals surface area contributed by atoms with Crippen LogP contribution in [-0.2, 0) is 4.79 Å². The van der Waals surface area contributed by atoms with Crippen LogP contribution in [0.5, 0.6) is 5.75 Å². The molecule has 2 aromatic heterocycles. The fourth-order valence-electron chi connectivity index (χ4n) is 2.96. The number of rotatable bonds is 6. The number of aromatic amines is 1. The third kappa shape index (κ3) is 4.20. The van der Waals surface area contributed by atoms with Crippen molar-refractivity contribution < 1.29 is 9.53 Å². The van der Waals surface area contributed by atoms with Gasteiger partial charge in [-0.15, -0.1) is 0 Å². The number of thioether (sulfide) groups is 1. The van der Waals surface area contributed by atoms with E-state index in [4.69, 9.17) is 4.74 Å². The molecule has 0 aliphatic rings. The van der Waals surface area contributed by atoms with E-state index in [1.54, 1.807) is 19.2 Å². The SMILES string of the molecule is COc1ccccc1NC(=O)CSc1nc(-c2cccc(C)c2)nc2cc(=O)[nH]n12. The molecule has 2 aromatic carbocycles. The van der Waals surface area contributed by atoms with E-state index in [1.807, 2.05) is 43.3 Å². The maximum atomic E-state index is 12.5. The third-order valence-corrected chi connectivity index (χ3v) is 5.25. The zero-order valence-electron chi connectivity index (χ0n) is 16.4. The summed E-state index contributed by atoms with van der Waals surface area (Å²) in [6.07, 6.45) is 0. The first-order chi connectivity index (χ1) is 14.5. The molecule has 0 atom stereocenters. The van der Waals surface area contributed by atoms with E-state index >= 15 is 0 Å². The highest BCUT2D eigenvalue weighted by Crippen LogP contribution is 2.25. The summed E-state index contributed by atoms with van der Waals surface area (Å²) in [5.74, 6) is 0.947. The van der Waals surface area contributed by atoms with Crippen molar-refractivity contribution in [2.75, 3.05) is 18.2 Å². The molecule has 0 bridgehead atoms. The number of amides is 1. The summed E-state index contributed by atoms with van der Waals surface area (Å²) in [7, 11) is 1.55. The summed E-state index contributed by atoms with van der Waals surface area (Å²) < 4.78 is 6.75. The van der Waals surface area contributed by atoms with Crippen molar-refractivity contribution in [1.29, 1.82) is 0 Å². The normalized spacial score (nSPS) is 10.9. The zero-order valence-corrected chi connectivity index (χ0v) is 17.2. The van der Waals surface area contributed by atoms with Gasteiger partial charge in [0.2, 0.25) is 5.91 Å². The molecule has 1 amide bonds. The molecule has 2 N–H and O–H groups in total. The molecule has 0 unspecified atom stereocenters. The van der Waals surface area contributed by atoms with Gasteiger partial charge in [0, 0.05) is 11.6 Å². The van der Waals surface area contributed by atoms with E-state index in [2.05, 4.69) is 20.4 Å². The minimum Gasteiger partial charge on any atom is -0.495 e. The van der Waals surface area contributed by atoms with E-state index in [9.17, 15) is 9.59 Å². The van der Waals surface area contributed by atoms with Gasteiger partial charge in [0.05, 0.1) is 18.6 Å². The Morgan fingerprint density at radius 2 is 2.00 bits per heavy atom. The summed E-state index contributed by atoms with van der Waals surface area (Å²) in [5, 5.41) is 5.97. The van der Waals surface area contributed by atoms with E-state index in [0.29, 0.717) is 28.1 Å². The number of fused-ring (bicyclic) bond motifs is 1. The summed E-state index contributed by atoms with van der Waals surface area (Å²) in [4.78, 5) is 33.4. The minimum absolute atomic E-state index is 0.0949. The number of H-pyrrole nitrogens is 1. The molecule has 0 fully saturated rings. The van der Waals surface area contributed by atoms with E-state index < -0.39 is 0 Å².